The molecule has 0 fully saturated rings. The normalized spacial score (nSPS) is 15.8. The van der Waals surface area contributed by atoms with E-state index < -0.39 is 6.17 Å². The topological polar surface area (TPSA) is 97.8 Å². The smallest absolute Gasteiger partial charge is 0.365 e. The summed E-state index contributed by atoms with van der Waals surface area (Å²) < 4.78 is 18.5. The highest BCUT2D eigenvalue weighted by Crippen LogP contribution is 2.39. The summed E-state index contributed by atoms with van der Waals surface area (Å²) in [5.74, 6) is 2.88. The van der Waals surface area contributed by atoms with Gasteiger partial charge in [-0.15, -0.1) is 0 Å². The van der Waals surface area contributed by atoms with Crippen LogP contribution in [0, 0.1) is 0 Å². The first-order valence-corrected chi connectivity index (χ1v) is 8.08. The van der Waals surface area contributed by atoms with Crippen molar-refractivity contribution in [3.05, 3.63) is 42.0 Å². The van der Waals surface area contributed by atoms with Gasteiger partial charge < -0.3 is 19.9 Å². The number of ether oxygens (including phenoxy) is 3. The van der Waals surface area contributed by atoms with Gasteiger partial charge in [-0.3, -0.25) is 0 Å². The number of fused-ring (bicyclic) bond motifs is 3. The van der Waals surface area contributed by atoms with Crippen LogP contribution in [0.5, 0.6) is 17.2 Å². The van der Waals surface area contributed by atoms with Crippen molar-refractivity contribution in [3.8, 4) is 17.2 Å². The molecule has 134 valence electrons. The van der Waals surface area contributed by atoms with Gasteiger partial charge in [-0.1, -0.05) is 12.1 Å². The van der Waals surface area contributed by atoms with Crippen molar-refractivity contribution >= 4 is 22.9 Å². The number of hydrogen-bond donors (Lipinski definition) is 3. The summed E-state index contributed by atoms with van der Waals surface area (Å²) in [4.78, 5) is 7.93. The highest BCUT2D eigenvalue weighted by atomic mass is 16.5. The summed E-state index contributed by atoms with van der Waals surface area (Å²) in [5, 5.41) is 3.08. The van der Waals surface area contributed by atoms with Crippen molar-refractivity contribution < 1.29 is 18.8 Å². The summed E-state index contributed by atoms with van der Waals surface area (Å²) in [6.07, 6.45) is -0.419. The third kappa shape index (κ3) is 2.38. The van der Waals surface area contributed by atoms with Gasteiger partial charge in [0.1, 0.15) is 16.8 Å². The molecule has 0 bridgehead atoms. The molecular formula is C18H20N5O3+. The van der Waals surface area contributed by atoms with Gasteiger partial charge in [0.25, 0.3) is 5.96 Å². The predicted molar refractivity (Wildman–Crippen MR) is 98.0 cm³/mol. The third-order valence-corrected chi connectivity index (χ3v) is 4.42. The van der Waals surface area contributed by atoms with E-state index in [0.29, 0.717) is 23.2 Å². The number of benzene rings is 2. The second-order valence-electron chi connectivity index (χ2n) is 5.82. The molecule has 0 spiro atoms. The zero-order valence-electron chi connectivity index (χ0n) is 14.7. The lowest BCUT2D eigenvalue weighted by Crippen LogP contribution is -2.48. The first-order chi connectivity index (χ1) is 12.7. The zero-order chi connectivity index (χ0) is 18.3. The Kier molecular flexibility index (Phi) is 3.80. The van der Waals surface area contributed by atoms with Gasteiger partial charge in [0.05, 0.1) is 26.9 Å². The van der Waals surface area contributed by atoms with Crippen LogP contribution >= 0.6 is 0 Å². The molecule has 1 aromatic heterocycles. The van der Waals surface area contributed by atoms with Gasteiger partial charge in [-0.2, -0.15) is 4.99 Å². The number of H-pyrrole nitrogens is 1. The minimum atomic E-state index is -0.419. The van der Waals surface area contributed by atoms with Crippen LogP contribution in [0.4, 0.5) is 5.95 Å². The van der Waals surface area contributed by atoms with Crippen molar-refractivity contribution in [2.24, 2.45) is 10.7 Å². The van der Waals surface area contributed by atoms with Crippen molar-refractivity contribution in [2.45, 2.75) is 6.17 Å². The lowest BCUT2D eigenvalue weighted by atomic mass is 10.1. The molecular weight excluding hydrogens is 334 g/mol. The van der Waals surface area contributed by atoms with Crippen LogP contribution in [-0.2, 0) is 0 Å². The van der Waals surface area contributed by atoms with E-state index in [2.05, 4.69) is 15.3 Å². The second-order valence-corrected chi connectivity index (χ2v) is 5.82. The highest BCUT2D eigenvalue weighted by molar-refractivity contribution is 5.92. The van der Waals surface area contributed by atoms with E-state index in [9.17, 15) is 0 Å². The number of nitrogens with one attached hydrogen (secondary N) is 2. The summed E-state index contributed by atoms with van der Waals surface area (Å²) >= 11 is 0. The van der Waals surface area contributed by atoms with Crippen LogP contribution in [0.3, 0.4) is 0 Å². The average molecular weight is 354 g/mol. The monoisotopic (exact) mass is 354 g/mol. The molecule has 1 aliphatic heterocycles. The zero-order valence-corrected chi connectivity index (χ0v) is 14.7. The van der Waals surface area contributed by atoms with Crippen LogP contribution in [0.15, 0.2) is 41.4 Å². The van der Waals surface area contributed by atoms with Crippen molar-refractivity contribution in [1.82, 2.24) is 4.98 Å². The number of para-hydroxylation sites is 2. The summed E-state index contributed by atoms with van der Waals surface area (Å²) in [7, 11) is 4.79. The number of aliphatic imine (C=N–C) groups is 1. The maximum Gasteiger partial charge on any atom is 0.365 e. The summed E-state index contributed by atoms with van der Waals surface area (Å²) in [6, 6.07) is 11.6. The van der Waals surface area contributed by atoms with Gasteiger partial charge in [-0.25, -0.2) is 14.9 Å². The van der Waals surface area contributed by atoms with E-state index >= 15 is 0 Å². The number of nitrogens with two attached hydrogens (primary N) is 1. The molecule has 0 unspecified atom stereocenters. The largest absolute Gasteiger partial charge is 0.496 e. The first-order valence-electron chi connectivity index (χ1n) is 8.08. The third-order valence-electron chi connectivity index (χ3n) is 4.42. The number of hydrogen-bond acceptors (Lipinski definition) is 6. The fraction of sp³-hybridized carbons (Fsp3) is 0.222. The van der Waals surface area contributed by atoms with Crippen LogP contribution < -0.4 is 29.8 Å². The fourth-order valence-corrected chi connectivity index (χ4v) is 3.25. The molecule has 1 aliphatic rings. The van der Waals surface area contributed by atoms with E-state index in [1.165, 1.54) is 0 Å². The van der Waals surface area contributed by atoms with Gasteiger partial charge in [0.2, 0.25) is 6.17 Å². The van der Waals surface area contributed by atoms with E-state index in [4.69, 9.17) is 19.9 Å². The molecule has 0 amide bonds. The van der Waals surface area contributed by atoms with Crippen LogP contribution in [0.1, 0.15) is 11.7 Å². The van der Waals surface area contributed by atoms with Crippen LogP contribution in [0.2, 0.25) is 0 Å². The second kappa shape index (κ2) is 6.14. The number of aromatic amines is 1. The Morgan fingerprint density at radius 3 is 2.42 bits per heavy atom. The van der Waals surface area contributed by atoms with E-state index in [0.717, 1.165) is 22.5 Å². The number of anilines is 1. The van der Waals surface area contributed by atoms with E-state index in [-0.39, 0.29) is 0 Å². The number of nitrogens with zero attached hydrogens (tertiary/aromatic N) is 2. The molecule has 2 heterocycles. The Morgan fingerprint density at radius 2 is 1.69 bits per heavy atom. The van der Waals surface area contributed by atoms with Crippen molar-refractivity contribution in [2.75, 3.05) is 26.6 Å². The Morgan fingerprint density at radius 1 is 1.00 bits per heavy atom. The average Bonchev–Trinajstić information content (AvgIpc) is 3.04. The summed E-state index contributed by atoms with van der Waals surface area (Å²) in [5.41, 5.74) is 8.81. The van der Waals surface area contributed by atoms with Gasteiger partial charge in [-0.05, 0) is 18.2 Å². The quantitative estimate of drug-likeness (QED) is 0.620. The highest BCUT2D eigenvalue weighted by Gasteiger charge is 2.33. The molecule has 2 aromatic carbocycles. The molecule has 0 radical (unpaired) electrons. The molecule has 8 nitrogen and oxygen atoms in total. The number of guanidine groups is 1. The molecule has 4 N–H and O–H groups in total. The molecule has 26 heavy (non-hydrogen) atoms. The Hall–Kier alpha value is -3.42. The predicted octanol–water partition coefficient (Wildman–Crippen LogP) is 1.77. The molecule has 0 aliphatic carbocycles. The van der Waals surface area contributed by atoms with Crippen LogP contribution in [0.25, 0.3) is 11.0 Å². The SMILES string of the molecule is COc1cc(OC)c([C@H]2N=C(N)Nc3[nH]c4ccccc4[n+]32)cc1OC. The Balaban J connectivity index is 1.97. The maximum absolute atomic E-state index is 6.03. The van der Waals surface area contributed by atoms with E-state index in [1.54, 1.807) is 27.4 Å². The Bertz CT molecular complexity index is 1010. The van der Waals surface area contributed by atoms with Gasteiger partial charge in [0, 0.05) is 6.07 Å². The summed E-state index contributed by atoms with van der Waals surface area (Å²) in [6.45, 7) is 0. The molecule has 8 heteroatoms. The lowest BCUT2D eigenvalue weighted by Gasteiger charge is -2.21. The lowest BCUT2D eigenvalue weighted by molar-refractivity contribution is -0.674. The molecule has 4 rings (SSSR count). The maximum atomic E-state index is 6.03. The fourth-order valence-electron chi connectivity index (χ4n) is 3.25. The molecule has 0 saturated carbocycles. The van der Waals surface area contributed by atoms with E-state index in [1.807, 2.05) is 34.9 Å². The molecule has 1 atom stereocenters. The van der Waals surface area contributed by atoms with Crippen molar-refractivity contribution in [3.63, 3.8) is 0 Å². The first kappa shape index (κ1) is 16.1. The molecule has 0 saturated heterocycles. The minimum absolute atomic E-state index is 0.318. The minimum Gasteiger partial charge on any atom is -0.496 e. The van der Waals surface area contributed by atoms with Crippen LogP contribution in [-0.4, -0.2) is 32.3 Å². The number of aromatic nitrogens is 2. The standard InChI is InChI=1S/C18H19N5O3/c1-24-13-9-15(26-3)14(25-2)8-10(13)16-21-17(19)22-18-20-11-6-4-5-7-12(11)23(16)18/h4-9,16H,1-3H3,(H3,19,20,21,22)/p+1/t16-/m0/s1. The number of imidazole rings is 1. The number of methoxy groups -OCH3 is 3. The van der Waals surface area contributed by atoms with Gasteiger partial charge in [0.15, 0.2) is 11.5 Å². The molecule has 3 aromatic rings. The van der Waals surface area contributed by atoms with Gasteiger partial charge >= 0.3 is 5.95 Å². The number of rotatable bonds is 4. The van der Waals surface area contributed by atoms with Crippen molar-refractivity contribution in [1.29, 1.82) is 0 Å². The Labute approximate surface area is 150 Å².